The van der Waals surface area contributed by atoms with Gasteiger partial charge in [-0.1, -0.05) is 63.2 Å². The topological polar surface area (TPSA) is 29.1 Å². The van der Waals surface area contributed by atoms with Gasteiger partial charge in [-0.25, -0.2) is 0 Å². The molecule has 2 aromatic rings. The van der Waals surface area contributed by atoms with E-state index in [2.05, 4.69) is 50.4 Å². The van der Waals surface area contributed by atoms with E-state index in [-0.39, 0.29) is 17.4 Å². The normalized spacial score (nSPS) is 17.8. The van der Waals surface area contributed by atoms with Crippen molar-refractivity contribution in [3.8, 4) is 0 Å². The van der Waals surface area contributed by atoms with Crippen molar-refractivity contribution in [3.05, 3.63) is 70.8 Å². The Morgan fingerprint density at radius 3 is 2.25 bits per heavy atom. The highest BCUT2D eigenvalue weighted by atomic mass is 16.2. The number of amides is 1. The second-order valence-corrected chi connectivity index (χ2v) is 6.37. The van der Waals surface area contributed by atoms with E-state index in [9.17, 15) is 4.79 Å². The van der Waals surface area contributed by atoms with Gasteiger partial charge in [-0.05, 0) is 28.2 Å². The van der Waals surface area contributed by atoms with E-state index in [4.69, 9.17) is 0 Å². The molecule has 2 aromatic carbocycles. The van der Waals surface area contributed by atoms with Crippen LogP contribution in [-0.4, -0.2) is 5.91 Å². The molecule has 2 heteroatoms. The summed E-state index contributed by atoms with van der Waals surface area (Å²) >= 11 is 0. The number of hydrogen-bond donors (Lipinski definition) is 1. The molecule has 0 saturated heterocycles. The van der Waals surface area contributed by atoms with Crippen molar-refractivity contribution in [1.82, 2.24) is 5.32 Å². The molecule has 1 aliphatic rings. The molecule has 2 nitrogen and oxygen atoms in total. The molecule has 0 bridgehead atoms. The summed E-state index contributed by atoms with van der Waals surface area (Å²) < 4.78 is 0. The molecular formula is C18H19NO. The van der Waals surface area contributed by atoms with Crippen LogP contribution in [0.3, 0.4) is 0 Å². The minimum absolute atomic E-state index is 0.0190. The summed E-state index contributed by atoms with van der Waals surface area (Å²) in [6, 6.07) is 16.3. The average Bonchev–Trinajstić information content (AvgIpc) is 2.76. The fourth-order valence-electron chi connectivity index (χ4n) is 2.68. The molecular weight excluding hydrogens is 246 g/mol. The van der Waals surface area contributed by atoms with Crippen molar-refractivity contribution in [3.63, 3.8) is 0 Å². The van der Waals surface area contributed by atoms with Gasteiger partial charge in [0, 0.05) is 5.56 Å². The minimum Gasteiger partial charge on any atom is -0.341 e. The number of rotatable bonds is 1. The Balaban J connectivity index is 1.97. The number of fused-ring (bicyclic) bond motifs is 1. The lowest BCUT2D eigenvalue weighted by Crippen LogP contribution is -2.20. The van der Waals surface area contributed by atoms with Crippen LogP contribution in [0.5, 0.6) is 0 Å². The maximum absolute atomic E-state index is 12.0. The second-order valence-electron chi connectivity index (χ2n) is 6.37. The van der Waals surface area contributed by atoms with Crippen LogP contribution in [0.25, 0.3) is 0 Å². The molecule has 1 N–H and O–H groups in total. The van der Waals surface area contributed by atoms with Crippen LogP contribution in [0.4, 0.5) is 0 Å². The van der Waals surface area contributed by atoms with Gasteiger partial charge in [0.15, 0.2) is 0 Å². The first-order valence-corrected chi connectivity index (χ1v) is 6.97. The summed E-state index contributed by atoms with van der Waals surface area (Å²) in [5, 5.41) is 3.05. The summed E-state index contributed by atoms with van der Waals surface area (Å²) in [6.07, 6.45) is 0. The van der Waals surface area contributed by atoms with Crippen molar-refractivity contribution in [2.75, 3.05) is 0 Å². The highest BCUT2D eigenvalue weighted by molar-refractivity contribution is 5.99. The number of carbonyl (C=O) groups is 1. The zero-order chi connectivity index (χ0) is 14.3. The first kappa shape index (κ1) is 12.9. The van der Waals surface area contributed by atoms with Gasteiger partial charge < -0.3 is 5.32 Å². The zero-order valence-corrected chi connectivity index (χ0v) is 12.1. The van der Waals surface area contributed by atoms with Gasteiger partial charge >= 0.3 is 0 Å². The van der Waals surface area contributed by atoms with Gasteiger partial charge in [-0.2, -0.15) is 0 Å². The lowest BCUT2D eigenvalue weighted by atomic mass is 9.86. The Morgan fingerprint density at radius 1 is 0.950 bits per heavy atom. The summed E-state index contributed by atoms with van der Waals surface area (Å²) in [5.41, 5.74) is 4.45. The smallest absolute Gasteiger partial charge is 0.252 e. The molecule has 0 fully saturated rings. The second kappa shape index (κ2) is 4.48. The molecule has 0 saturated carbocycles. The molecule has 3 rings (SSSR count). The Bertz CT molecular complexity index is 650. The predicted molar refractivity (Wildman–Crippen MR) is 80.9 cm³/mol. The third kappa shape index (κ3) is 2.11. The van der Waals surface area contributed by atoms with Gasteiger partial charge in [0.2, 0.25) is 0 Å². The van der Waals surface area contributed by atoms with E-state index in [1.54, 1.807) is 0 Å². The first-order valence-electron chi connectivity index (χ1n) is 6.97. The number of nitrogens with one attached hydrogen (secondary N) is 1. The largest absolute Gasteiger partial charge is 0.341 e. The van der Waals surface area contributed by atoms with Crippen molar-refractivity contribution in [1.29, 1.82) is 0 Å². The fraction of sp³-hybridized carbons (Fsp3) is 0.278. The Labute approximate surface area is 119 Å². The SMILES string of the molecule is CC(C)(C)c1ccc(C2NC(=O)c3ccccc32)cc1. The standard InChI is InChI=1S/C18H19NO/c1-18(2,3)13-10-8-12(9-11-13)16-14-6-4-5-7-15(14)17(20)19-16/h4-11,16H,1-3H3,(H,19,20). The average molecular weight is 265 g/mol. The van der Waals surface area contributed by atoms with Crippen molar-refractivity contribution in [2.24, 2.45) is 0 Å². The number of hydrogen-bond acceptors (Lipinski definition) is 1. The van der Waals surface area contributed by atoms with Gasteiger partial charge in [0.1, 0.15) is 0 Å². The molecule has 1 amide bonds. The van der Waals surface area contributed by atoms with Crippen molar-refractivity contribution in [2.45, 2.75) is 32.2 Å². The van der Waals surface area contributed by atoms with Crippen LogP contribution in [0, 0.1) is 0 Å². The first-order chi connectivity index (χ1) is 9.47. The molecule has 1 unspecified atom stereocenters. The predicted octanol–water partition coefficient (Wildman–Crippen LogP) is 3.82. The molecule has 102 valence electrons. The van der Waals surface area contributed by atoms with Gasteiger partial charge in [0.25, 0.3) is 5.91 Å². The summed E-state index contributed by atoms with van der Waals surface area (Å²) in [5.74, 6) is 0.0190. The Morgan fingerprint density at radius 2 is 1.60 bits per heavy atom. The molecule has 1 atom stereocenters. The maximum atomic E-state index is 12.0. The van der Waals surface area contributed by atoms with Gasteiger partial charge in [0.05, 0.1) is 6.04 Å². The monoisotopic (exact) mass is 265 g/mol. The highest BCUT2D eigenvalue weighted by Gasteiger charge is 2.29. The van der Waals surface area contributed by atoms with Crippen molar-refractivity contribution >= 4 is 5.91 Å². The molecule has 0 spiro atoms. The van der Waals surface area contributed by atoms with Gasteiger partial charge in [-0.3, -0.25) is 4.79 Å². The molecule has 0 aliphatic carbocycles. The third-order valence-electron chi connectivity index (χ3n) is 3.90. The van der Waals surface area contributed by atoms with E-state index in [0.717, 1.165) is 16.7 Å². The van der Waals surface area contributed by atoms with E-state index < -0.39 is 0 Å². The minimum atomic E-state index is -0.0206. The Kier molecular flexibility index (Phi) is 2.89. The zero-order valence-electron chi connectivity index (χ0n) is 12.1. The van der Waals surface area contributed by atoms with Crippen LogP contribution in [-0.2, 0) is 5.41 Å². The molecule has 1 aliphatic heterocycles. The molecule has 0 aromatic heterocycles. The van der Waals surface area contributed by atoms with E-state index in [1.165, 1.54) is 5.56 Å². The van der Waals surface area contributed by atoms with Crippen LogP contribution in [0.15, 0.2) is 48.5 Å². The lowest BCUT2D eigenvalue weighted by molar-refractivity contribution is 0.0960. The van der Waals surface area contributed by atoms with E-state index in [1.807, 2.05) is 24.3 Å². The van der Waals surface area contributed by atoms with Crippen LogP contribution >= 0.6 is 0 Å². The number of carbonyl (C=O) groups excluding carboxylic acids is 1. The molecule has 0 radical (unpaired) electrons. The number of benzene rings is 2. The fourth-order valence-corrected chi connectivity index (χ4v) is 2.68. The summed E-state index contributed by atoms with van der Waals surface area (Å²) in [6.45, 7) is 6.61. The van der Waals surface area contributed by atoms with Crippen LogP contribution < -0.4 is 5.32 Å². The van der Waals surface area contributed by atoms with Gasteiger partial charge in [-0.15, -0.1) is 0 Å². The maximum Gasteiger partial charge on any atom is 0.252 e. The third-order valence-corrected chi connectivity index (χ3v) is 3.90. The summed E-state index contributed by atoms with van der Waals surface area (Å²) in [7, 11) is 0. The highest BCUT2D eigenvalue weighted by Crippen LogP contribution is 2.32. The molecule has 20 heavy (non-hydrogen) atoms. The molecule has 1 heterocycles. The quantitative estimate of drug-likeness (QED) is 0.834. The van der Waals surface area contributed by atoms with Crippen molar-refractivity contribution < 1.29 is 4.79 Å². The van der Waals surface area contributed by atoms with E-state index in [0.29, 0.717) is 0 Å². The van der Waals surface area contributed by atoms with Crippen LogP contribution in [0.1, 0.15) is 53.9 Å². The lowest BCUT2D eigenvalue weighted by Gasteiger charge is -2.20. The van der Waals surface area contributed by atoms with E-state index >= 15 is 0 Å². The summed E-state index contributed by atoms with van der Waals surface area (Å²) in [4.78, 5) is 12.0. The Hall–Kier alpha value is -2.09. The van der Waals surface area contributed by atoms with Crippen LogP contribution in [0.2, 0.25) is 0 Å².